The molecule has 1 aromatic carbocycles. The maximum atomic E-state index is 14.7. The largest absolute Gasteiger partial charge is 0.456 e. The Morgan fingerprint density at radius 2 is 2.02 bits per heavy atom. The fourth-order valence-corrected chi connectivity index (χ4v) is 5.74. The highest BCUT2D eigenvalue weighted by molar-refractivity contribution is 6.33. The number of likely N-dealkylation sites (tertiary alicyclic amines) is 1. The smallest absolute Gasteiger partial charge is 0.319 e. The first kappa shape index (κ1) is 28.1. The van der Waals surface area contributed by atoms with Crippen molar-refractivity contribution in [2.24, 2.45) is 0 Å². The van der Waals surface area contributed by atoms with E-state index in [-0.39, 0.29) is 46.8 Å². The number of amides is 1. The number of fused-ring (bicyclic) bond motifs is 2. The number of piperazine rings is 1. The van der Waals surface area contributed by atoms with E-state index < -0.39 is 5.82 Å². The molecule has 14 heteroatoms. The Kier molecular flexibility index (Phi) is 7.56. The van der Waals surface area contributed by atoms with Gasteiger partial charge in [0.05, 0.1) is 22.5 Å². The molecule has 12 nitrogen and oxygen atoms in total. The molecule has 5 heterocycles. The maximum Gasteiger partial charge on any atom is 0.319 e. The molecular weight excluding hydrogens is 567 g/mol. The Balaban J connectivity index is 1.45. The molecule has 220 valence electrons. The van der Waals surface area contributed by atoms with E-state index in [4.69, 9.17) is 35.8 Å². The summed E-state index contributed by atoms with van der Waals surface area (Å²) < 4.78 is 32.8. The van der Waals surface area contributed by atoms with Crippen LogP contribution in [0.1, 0.15) is 6.92 Å². The van der Waals surface area contributed by atoms with Crippen molar-refractivity contribution in [2.75, 3.05) is 51.8 Å². The van der Waals surface area contributed by atoms with Crippen molar-refractivity contribution in [3.8, 4) is 17.6 Å². The zero-order valence-electron chi connectivity index (χ0n) is 23.4. The van der Waals surface area contributed by atoms with Crippen LogP contribution in [0.2, 0.25) is 5.02 Å². The van der Waals surface area contributed by atoms with E-state index in [2.05, 4.69) is 31.6 Å². The minimum atomic E-state index is -0.667. The lowest BCUT2D eigenvalue weighted by molar-refractivity contribution is -0.126. The summed E-state index contributed by atoms with van der Waals surface area (Å²) in [5.74, 6) is -0.0356. The van der Waals surface area contributed by atoms with Crippen LogP contribution < -0.4 is 14.4 Å². The number of nitrogens with zero attached hydrogens (tertiary/aromatic N) is 7. The van der Waals surface area contributed by atoms with Gasteiger partial charge < -0.3 is 24.0 Å². The quantitative estimate of drug-likeness (QED) is 0.318. The Morgan fingerprint density at radius 3 is 2.79 bits per heavy atom. The van der Waals surface area contributed by atoms with Gasteiger partial charge in [-0.25, -0.2) is 9.37 Å². The maximum absolute atomic E-state index is 14.7. The van der Waals surface area contributed by atoms with Crippen molar-refractivity contribution in [3.05, 3.63) is 48.0 Å². The van der Waals surface area contributed by atoms with Crippen LogP contribution in [0.3, 0.4) is 0 Å². The van der Waals surface area contributed by atoms with Crippen molar-refractivity contribution in [2.45, 2.75) is 25.2 Å². The van der Waals surface area contributed by atoms with Crippen molar-refractivity contribution in [1.82, 2.24) is 34.9 Å². The zero-order valence-corrected chi connectivity index (χ0v) is 24.1. The van der Waals surface area contributed by atoms with Crippen LogP contribution in [0.15, 0.2) is 37.2 Å². The highest BCUT2D eigenvalue weighted by Gasteiger charge is 2.35. The molecule has 0 spiro atoms. The molecule has 1 N–H and O–H groups in total. The first-order valence-electron chi connectivity index (χ1n) is 13.5. The SMILES string of the molecule is C=CC(=O)N1CCN(c2nc(O[C@@H]3CN(C)C[C@H]3OC)nc3c(Oc4c(Cl)c(F)cc5[nH]ncc45)nccc23)[C@@H](C)C1. The van der Waals surface area contributed by atoms with Crippen LogP contribution in [-0.2, 0) is 9.53 Å². The van der Waals surface area contributed by atoms with Gasteiger partial charge in [0, 0.05) is 58.1 Å². The fraction of sp³-hybridized carbons (Fsp3) is 0.393. The third-order valence-electron chi connectivity index (χ3n) is 7.68. The number of halogens is 2. The number of benzene rings is 1. The van der Waals surface area contributed by atoms with Gasteiger partial charge in [0.1, 0.15) is 34.4 Å². The Hall–Kier alpha value is -4.07. The molecular formula is C28H30ClFN8O4. The summed E-state index contributed by atoms with van der Waals surface area (Å²) in [6, 6.07) is 3.08. The van der Waals surface area contributed by atoms with E-state index in [1.807, 2.05) is 14.0 Å². The number of anilines is 1. The molecule has 2 fully saturated rings. The summed E-state index contributed by atoms with van der Waals surface area (Å²) >= 11 is 6.35. The van der Waals surface area contributed by atoms with Crippen LogP contribution in [-0.4, -0.2) is 106 Å². The number of aromatic amines is 1. The lowest BCUT2D eigenvalue weighted by atomic mass is 10.1. The normalized spacial score (nSPS) is 21.3. The predicted octanol–water partition coefficient (Wildman–Crippen LogP) is 3.42. The lowest BCUT2D eigenvalue weighted by Gasteiger charge is -2.40. The van der Waals surface area contributed by atoms with Gasteiger partial charge in [-0.1, -0.05) is 18.2 Å². The van der Waals surface area contributed by atoms with Gasteiger partial charge in [-0.3, -0.25) is 14.8 Å². The first-order chi connectivity index (χ1) is 20.3. The van der Waals surface area contributed by atoms with Gasteiger partial charge in [-0.2, -0.15) is 15.1 Å². The lowest BCUT2D eigenvalue weighted by Crippen LogP contribution is -2.53. The second-order valence-corrected chi connectivity index (χ2v) is 10.8. The number of methoxy groups -OCH3 is 1. The van der Waals surface area contributed by atoms with E-state index in [0.29, 0.717) is 60.3 Å². The minimum Gasteiger partial charge on any atom is -0.456 e. The summed E-state index contributed by atoms with van der Waals surface area (Å²) in [5.41, 5.74) is 0.773. The number of H-pyrrole nitrogens is 1. The van der Waals surface area contributed by atoms with E-state index in [1.165, 1.54) is 18.3 Å². The second-order valence-electron chi connectivity index (χ2n) is 10.5. The molecule has 4 aromatic rings. The Labute approximate surface area is 246 Å². The summed E-state index contributed by atoms with van der Waals surface area (Å²) in [5, 5.41) is 7.65. The molecule has 0 unspecified atom stereocenters. The predicted molar refractivity (Wildman–Crippen MR) is 155 cm³/mol. The van der Waals surface area contributed by atoms with Gasteiger partial charge in [0.2, 0.25) is 11.8 Å². The highest BCUT2D eigenvalue weighted by Crippen LogP contribution is 2.40. The molecule has 1 amide bonds. The zero-order chi connectivity index (χ0) is 29.5. The third kappa shape index (κ3) is 5.08. The Bertz CT molecular complexity index is 1670. The monoisotopic (exact) mass is 596 g/mol. The van der Waals surface area contributed by atoms with E-state index in [9.17, 15) is 9.18 Å². The number of rotatable bonds is 7. The van der Waals surface area contributed by atoms with Gasteiger partial charge in [-0.05, 0) is 26.1 Å². The summed E-state index contributed by atoms with van der Waals surface area (Å²) in [4.78, 5) is 32.3. The molecule has 3 atom stereocenters. The van der Waals surface area contributed by atoms with Gasteiger partial charge in [-0.15, -0.1) is 0 Å². The molecule has 2 aliphatic heterocycles. The van der Waals surface area contributed by atoms with E-state index in [1.54, 1.807) is 24.3 Å². The number of hydrogen-bond acceptors (Lipinski definition) is 10. The highest BCUT2D eigenvalue weighted by atomic mass is 35.5. The molecule has 42 heavy (non-hydrogen) atoms. The van der Waals surface area contributed by atoms with Crippen LogP contribution in [0.5, 0.6) is 17.6 Å². The Morgan fingerprint density at radius 1 is 1.21 bits per heavy atom. The van der Waals surface area contributed by atoms with Crippen LogP contribution in [0, 0.1) is 5.82 Å². The van der Waals surface area contributed by atoms with Gasteiger partial charge in [0.15, 0.2) is 5.75 Å². The molecule has 0 aliphatic carbocycles. The topological polar surface area (TPSA) is 122 Å². The summed E-state index contributed by atoms with van der Waals surface area (Å²) in [6.07, 6.45) is 3.91. The molecule has 6 rings (SSSR count). The number of ether oxygens (including phenoxy) is 3. The molecule has 2 saturated heterocycles. The molecule has 2 aliphatic rings. The third-order valence-corrected chi connectivity index (χ3v) is 8.03. The molecule has 3 aromatic heterocycles. The van der Waals surface area contributed by atoms with Crippen molar-refractivity contribution < 1.29 is 23.4 Å². The average molecular weight is 597 g/mol. The average Bonchev–Trinajstić information content (AvgIpc) is 3.60. The number of carbonyl (C=O) groups is 1. The molecule has 0 saturated carbocycles. The van der Waals surface area contributed by atoms with E-state index in [0.717, 1.165) is 0 Å². The molecule has 0 radical (unpaired) electrons. The minimum absolute atomic E-state index is 0.0600. The summed E-state index contributed by atoms with van der Waals surface area (Å²) in [6.45, 7) is 8.45. The second kappa shape index (κ2) is 11.3. The number of carbonyl (C=O) groups excluding carboxylic acids is 1. The number of pyridine rings is 1. The van der Waals surface area contributed by atoms with Crippen molar-refractivity contribution in [3.63, 3.8) is 0 Å². The number of nitrogens with one attached hydrogen (secondary N) is 1. The number of aromatic nitrogens is 5. The van der Waals surface area contributed by atoms with Gasteiger partial charge in [0.25, 0.3) is 0 Å². The number of hydrogen-bond donors (Lipinski definition) is 1. The van der Waals surface area contributed by atoms with Crippen molar-refractivity contribution in [1.29, 1.82) is 0 Å². The fourth-order valence-electron chi connectivity index (χ4n) is 5.54. The first-order valence-corrected chi connectivity index (χ1v) is 13.9. The van der Waals surface area contributed by atoms with Crippen LogP contribution >= 0.6 is 11.6 Å². The van der Waals surface area contributed by atoms with Gasteiger partial charge >= 0.3 is 6.01 Å². The standard InChI is InChI=1S/C28H30ClFN8O4/c1-5-22(39)37-8-9-38(15(2)12-37)26-16-6-7-31-27(42-25-17-11-32-35-19(17)10-18(30)23(25)29)24(16)33-28(34-26)41-21-14-36(3)13-20(21)40-4/h5-7,10-11,15,20-21H,1,8-9,12-14H2,2-4H3,(H,32,35)/t15-,20+,21+/m0/s1. The number of likely N-dealkylation sites (N-methyl/N-ethyl adjacent to an activating group) is 1. The van der Waals surface area contributed by atoms with Crippen molar-refractivity contribution >= 4 is 45.1 Å². The molecule has 0 bridgehead atoms. The summed E-state index contributed by atoms with van der Waals surface area (Å²) in [7, 11) is 3.64. The van der Waals surface area contributed by atoms with Crippen LogP contribution in [0.25, 0.3) is 21.8 Å². The van der Waals surface area contributed by atoms with Crippen LogP contribution in [0.4, 0.5) is 10.2 Å². The van der Waals surface area contributed by atoms with E-state index >= 15 is 0 Å².